The van der Waals surface area contributed by atoms with Crippen molar-refractivity contribution in [3.8, 4) is 22.9 Å². The minimum absolute atomic E-state index is 0.147. The van der Waals surface area contributed by atoms with Gasteiger partial charge in [0.05, 0.1) is 31.1 Å². The third-order valence-corrected chi connectivity index (χ3v) is 5.50. The van der Waals surface area contributed by atoms with E-state index in [0.717, 1.165) is 0 Å². The van der Waals surface area contributed by atoms with Crippen LogP contribution >= 0.6 is 23.1 Å². The molecule has 0 fully saturated rings. The molecule has 0 bridgehead atoms. The maximum atomic E-state index is 12.0. The lowest BCUT2D eigenvalue weighted by Gasteiger charge is -2.07. The lowest BCUT2D eigenvalue weighted by molar-refractivity contribution is 0.388. The van der Waals surface area contributed by atoms with Gasteiger partial charge in [-0.2, -0.15) is 4.98 Å². The monoisotopic (exact) mass is 402 g/mol. The molecule has 1 N–H and O–H groups in total. The minimum Gasteiger partial charge on any atom is -0.497 e. The van der Waals surface area contributed by atoms with Gasteiger partial charge in [-0.1, -0.05) is 16.9 Å². The van der Waals surface area contributed by atoms with Crippen LogP contribution in [0.2, 0.25) is 0 Å². The van der Waals surface area contributed by atoms with E-state index in [4.69, 9.17) is 14.0 Å². The molecule has 4 rings (SSSR count). The fourth-order valence-corrected chi connectivity index (χ4v) is 3.89. The smallest absolute Gasteiger partial charge is 0.269 e. The molecule has 0 amide bonds. The molecule has 0 saturated heterocycles. The van der Waals surface area contributed by atoms with Crippen molar-refractivity contribution in [2.24, 2.45) is 0 Å². The number of rotatable bonds is 6. The van der Waals surface area contributed by atoms with Gasteiger partial charge in [-0.05, 0) is 23.6 Å². The number of hydrogen-bond donors (Lipinski definition) is 1. The maximum Gasteiger partial charge on any atom is 0.269 e. The summed E-state index contributed by atoms with van der Waals surface area (Å²) in [5, 5.41) is 6.36. The Kier molecular flexibility index (Phi) is 4.82. The third kappa shape index (κ3) is 3.53. The largest absolute Gasteiger partial charge is 0.497 e. The van der Waals surface area contributed by atoms with Gasteiger partial charge in [0.2, 0.25) is 11.7 Å². The van der Waals surface area contributed by atoms with Gasteiger partial charge in [-0.25, -0.2) is 4.98 Å². The fourth-order valence-electron chi connectivity index (χ4n) is 2.46. The molecule has 0 saturated carbocycles. The number of nitrogens with zero attached hydrogens (tertiary/aromatic N) is 3. The standard InChI is InChI=1S/C17H14N4O4S2/c1-23-9-3-4-10(12(7-9)24-2)15-19-13(25-21-15)8-27-17-18-11-5-6-26-14(11)16(22)20-17/h3-7H,8H2,1-2H3,(H,18,20,22). The molecular formula is C17H14N4O4S2. The highest BCUT2D eigenvalue weighted by atomic mass is 32.2. The van der Waals surface area contributed by atoms with Gasteiger partial charge in [-0.3, -0.25) is 4.79 Å². The molecule has 0 radical (unpaired) electrons. The zero-order valence-electron chi connectivity index (χ0n) is 14.4. The molecule has 138 valence electrons. The Balaban J connectivity index is 1.53. The minimum atomic E-state index is -0.147. The number of hydrogen-bond acceptors (Lipinski definition) is 9. The number of ether oxygens (including phenoxy) is 2. The Morgan fingerprint density at radius 2 is 2.11 bits per heavy atom. The summed E-state index contributed by atoms with van der Waals surface area (Å²) >= 11 is 2.69. The molecule has 3 aromatic heterocycles. The number of methoxy groups -OCH3 is 2. The van der Waals surface area contributed by atoms with Gasteiger partial charge in [0.1, 0.15) is 16.2 Å². The van der Waals surface area contributed by atoms with Crippen LogP contribution < -0.4 is 15.0 Å². The molecule has 0 unspecified atom stereocenters. The first-order valence-electron chi connectivity index (χ1n) is 7.83. The summed E-state index contributed by atoms with van der Waals surface area (Å²) in [6.07, 6.45) is 0. The number of benzene rings is 1. The third-order valence-electron chi connectivity index (χ3n) is 3.74. The quantitative estimate of drug-likeness (QED) is 0.387. The molecular weight excluding hydrogens is 388 g/mol. The van der Waals surface area contributed by atoms with Gasteiger partial charge in [0, 0.05) is 6.07 Å². The van der Waals surface area contributed by atoms with E-state index in [0.29, 0.717) is 49.9 Å². The second kappa shape index (κ2) is 7.41. The SMILES string of the molecule is COc1ccc(-c2noc(CSc3nc4ccsc4c(=O)[nH]3)n2)c(OC)c1. The molecule has 10 heteroatoms. The van der Waals surface area contributed by atoms with Gasteiger partial charge >= 0.3 is 0 Å². The first-order valence-corrected chi connectivity index (χ1v) is 9.70. The number of H-pyrrole nitrogens is 1. The number of aromatic nitrogens is 4. The average Bonchev–Trinajstić information content (AvgIpc) is 3.35. The van der Waals surface area contributed by atoms with Crippen molar-refractivity contribution in [3.63, 3.8) is 0 Å². The van der Waals surface area contributed by atoms with E-state index in [-0.39, 0.29) is 5.56 Å². The Hall–Kier alpha value is -2.85. The summed E-state index contributed by atoms with van der Waals surface area (Å²) in [5.41, 5.74) is 1.23. The predicted molar refractivity (Wildman–Crippen MR) is 103 cm³/mol. The Labute approximate surface area is 161 Å². The van der Waals surface area contributed by atoms with E-state index >= 15 is 0 Å². The van der Waals surface area contributed by atoms with Crippen molar-refractivity contribution in [2.45, 2.75) is 10.9 Å². The van der Waals surface area contributed by atoms with Crippen LogP contribution in [0.15, 0.2) is 44.1 Å². The number of thiophene rings is 1. The summed E-state index contributed by atoms with van der Waals surface area (Å²) in [6, 6.07) is 7.18. The van der Waals surface area contributed by atoms with Crippen LogP contribution in [0.1, 0.15) is 5.89 Å². The van der Waals surface area contributed by atoms with E-state index in [1.165, 1.54) is 23.1 Å². The zero-order valence-corrected chi connectivity index (χ0v) is 16.0. The van der Waals surface area contributed by atoms with Crippen LogP contribution in [-0.4, -0.2) is 34.3 Å². The van der Waals surface area contributed by atoms with E-state index in [1.807, 2.05) is 17.5 Å². The van der Waals surface area contributed by atoms with Crippen molar-refractivity contribution in [3.05, 3.63) is 45.9 Å². The van der Waals surface area contributed by atoms with Crippen molar-refractivity contribution in [1.82, 2.24) is 20.1 Å². The maximum absolute atomic E-state index is 12.0. The first-order chi connectivity index (χ1) is 13.2. The Morgan fingerprint density at radius 1 is 1.22 bits per heavy atom. The lowest BCUT2D eigenvalue weighted by atomic mass is 10.2. The van der Waals surface area contributed by atoms with Crippen LogP contribution in [-0.2, 0) is 5.75 Å². The zero-order chi connectivity index (χ0) is 18.8. The molecule has 1 aromatic carbocycles. The second-order valence-electron chi connectivity index (χ2n) is 5.37. The summed E-state index contributed by atoms with van der Waals surface area (Å²) in [7, 11) is 3.15. The van der Waals surface area contributed by atoms with Crippen LogP contribution in [0, 0.1) is 0 Å². The second-order valence-corrected chi connectivity index (χ2v) is 7.25. The normalized spacial score (nSPS) is 11.0. The van der Waals surface area contributed by atoms with Crippen LogP contribution in [0.25, 0.3) is 21.6 Å². The summed E-state index contributed by atoms with van der Waals surface area (Å²) in [6.45, 7) is 0. The van der Waals surface area contributed by atoms with E-state index in [2.05, 4.69) is 20.1 Å². The van der Waals surface area contributed by atoms with Crippen molar-refractivity contribution in [1.29, 1.82) is 0 Å². The van der Waals surface area contributed by atoms with Crippen LogP contribution in [0.4, 0.5) is 0 Å². The predicted octanol–water partition coefficient (Wildman–Crippen LogP) is 3.34. The molecule has 0 spiro atoms. The highest BCUT2D eigenvalue weighted by Crippen LogP contribution is 2.32. The molecule has 0 aliphatic heterocycles. The van der Waals surface area contributed by atoms with Gasteiger partial charge < -0.3 is 19.0 Å². The van der Waals surface area contributed by atoms with Gasteiger partial charge in [0.15, 0.2) is 5.16 Å². The molecule has 0 aliphatic rings. The topological polar surface area (TPSA) is 103 Å². The highest BCUT2D eigenvalue weighted by Gasteiger charge is 2.15. The number of aromatic amines is 1. The van der Waals surface area contributed by atoms with Crippen LogP contribution in [0.5, 0.6) is 11.5 Å². The van der Waals surface area contributed by atoms with E-state index in [9.17, 15) is 4.79 Å². The Bertz CT molecular complexity index is 1150. The van der Waals surface area contributed by atoms with Crippen molar-refractivity contribution < 1.29 is 14.0 Å². The lowest BCUT2D eigenvalue weighted by Crippen LogP contribution is -2.07. The summed E-state index contributed by atoms with van der Waals surface area (Å²) in [4.78, 5) is 23.6. The summed E-state index contributed by atoms with van der Waals surface area (Å²) in [5.74, 6) is 2.47. The molecule has 0 aliphatic carbocycles. The number of nitrogens with one attached hydrogen (secondary N) is 1. The van der Waals surface area contributed by atoms with Gasteiger partial charge in [-0.15, -0.1) is 11.3 Å². The fraction of sp³-hybridized carbons (Fsp3) is 0.176. The van der Waals surface area contributed by atoms with Crippen LogP contribution in [0.3, 0.4) is 0 Å². The highest BCUT2D eigenvalue weighted by molar-refractivity contribution is 7.98. The molecule has 4 aromatic rings. The van der Waals surface area contributed by atoms with Crippen molar-refractivity contribution >= 4 is 33.3 Å². The molecule has 27 heavy (non-hydrogen) atoms. The van der Waals surface area contributed by atoms with Crippen molar-refractivity contribution in [2.75, 3.05) is 14.2 Å². The van der Waals surface area contributed by atoms with E-state index < -0.39 is 0 Å². The number of thioether (sulfide) groups is 1. The average molecular weight is 402 g/mol. The van der Waals surface area contributed by atoms with Gasteiger partial charge in [0.25, 0.3) is 5.56 Å². The number of fused-ring (bicyclic) bond motifs is 1. The Morgan fingerprint density at radius 3 is 2.93 bits per heavy atom. The molecule has 8 nitrogen and oxygen atoms in total. The molecule has 3 heterocycles. The van der Waals surface area contributed by atoms with E-state index in [1.54, 1.807) is 26.4 Å². The first kappa shape index (κ1) is 17.6. The molecule has 0 atom stereocenters. The summed E-state index contributed by atoms with van der Waals surface area (Å²) < 4.78 is 16.5.